The van der Waals surface area contributed by atoms with Crippen LogP contribution < -0.4 is 4.90 Å². The van der Waals surface area contributed by atoms with Crippen LogP contribution in [0.5, 0.6) is 0 Å². The van der Waals surface area contributed by atoms with Crippen molar-refractivity contribution < 1.29 is 23.5 Å². The van der Waals surface area contributed by atoms with Gasteiger partial charge < -0.3 is 10.0 Å². The van der Waals surface area contributed by atoms with E-state index < -0.39 is 17.6 Å². The number of carbonyl (C=O) groups is 2. The Morgan fingerprint density at radius 2 is 2.06 bits per heavy atom. The van der Waals surface area contributed by atoms with Gasteiger partial charge in [0.25, 0.3) is 0 Å². The van der Waals surface area contributed by atoms with Crippen molar-refractivity contribution in [3.63, 3.8) is 0 Å². The summed E-state index contributed by atoms with van der Waals surface area (Å²) in [6, 6.07) is 2.92. The summed E-state index contributed by atoms with van der Waals surface area (Å²) in [5.41, 5.74) is 0.121. The summed E-state index contributed by atoms with van der Waals surface area (Å²) in [7, 11) is 0. The van der Waals surface area contributed by atoms with Gasteiger partial charge in [-0.3, -0.25) is 9.59 Å². The molecule has 0 aliphatic carbocycles. The summed E-state index contributed by atoms with van der Waals surface area (Å²) in [5.74, 6) is -3.18. The number of benzene rings is 1. The molecule has 0 radical (unpaired) electrons. The number of rotatable bonds is 5. The lowest BCUT2D eigenvalue weighted by Gasteiger charge is -2.16. The molecule has 0 spiro atoms. The summed E-state index contributed by atoms with van der Waals surface area (Å²) in [6.45, 7) is -0.0933. The fourth-order valence-corrected chi connectivity index (χ4v) is 1.12. The first kappa shape index (κ1) is 12.1. The van der Waals surface area contributed by atoms with Crippen molar-refractivity contribution in [1.29, 1.82) is 0 Å². The molecule has 0 atom stereocenters. The van der Waals surface area contributed by atoms with Crippen molar-refractivity contribution in [3.8, 4) is 0 Å². The second-order valence-electron chi connectivity index (χ2n) is 3.04. The zero-order chi connectivity index (χ0) is 12.1. The van der Waals surface area contributed by atoms with E-state index >= 15 is 0 Å². The fraction of sp³-hybridized carbons (Fsp3) is 0.200. The Kier molecular flexibility index (Phi) is 3.93. The minimum Gasteiger partial charge on any atom is -0.481 e. The highest BCUT2D eigenvalue weighted by Crippen LogP contribution is 2.16. The second-order valence-corrected chi connectivity index (χ2v) is 3.04. The van der Waals surface area contributed by atoms with Gasteiger partial charge in [-0.1, -0.05) is 0 Å². The van der Waals surface area contributed by atoms with E-state index in [4.69, 9.17) is 5.11 Å². The summed E-state index contributed by atoms with van der Waals surface area (Å²) < 4.78 is 25.4. The van der Waals surface area contributed by atoms with E-state index in [2.05, 4.69) is 0 Å². The first-order valence-corrected chi connectivity index (χ1v) is 4.43. The third-order valence-corrected chi connectivity index (χ3v) is 1.93. The van der Waals surface area contributed by atoms with Crippen LogP contribution >= 0.6 is 0 Å². The van der Waals surface area contributed by atoms with Gasteiger partial charge in [0.05, 0.1) is 6.42 Å². The van der Waals surface area contributed by atoms with Crippen molar-refractivity contribution in [2.24, 2.45) is 0 Å². The molecule has 16 heavy (non-hydrogen) atoms. The number of anilines is 1. The molecule has 0 aromatic heterocycles. The molecule has 0 heterocycles. The average molecular weight is 229 g/mol. The number of carboxylic acids is 1. The summed E-state index contributed by atoms with van der Waals surface area (Å²) >= 11 is 0. The molecule has 1 rings (SSSR count). The van der Waals surface area contributed by atoms with Gasteiger partial charge in [0.2, 0.25) is 6.41 Å². The Morgan fingerprint density at radius 3 is 2.56 bits per heavy atom. The molecular formula is C10H9F2NO3. The van der Waals surface area contributed by atoms with E-state index in [1.165, 1.54) is 6.07 Å². The molecule has 4 nitrogen and oxygen atoms in total. The largest absolute Gasteiger partial charge is 0.481 e. The monoisotopic (exact) mass is 229 g/mol. The van der Waals surface area contributed by atoms with Gasteiger partial charge in [-0.25, -0.2) is 8.78 Å². The normalized spacial score (nSPS) is 9.88. The highest BCUT2D eigenvalue weighted by Gasteiger charge is 2.10. The predicted molar refractivity (Wildman–Crippen MR) is 52.0 cm³/mol. The van der Waals surface area contributed by atoms with E-state index in [0.29, 0.717) is 6.41 Å². The van der Waals surface area contributed by atoms with Crippen LogP contribution in [0, 0.1) is 11.6 Å². The van der Waals surface area contributed by atoms with Gasteiger partial charge in [-0.05, 0) is 12.1 Å². The van der Waals surface area contributed by atoms with Gasteiger partial charge in [0.1, 0.15) is 0 Å². The summed E-state index contributed by atoms with van der Waals surface area (Å²) in [6.07, 6.45) is 0.105. The first-order valence-electron chi connectivity index (χ1n) is 4.43. The van der Waals surface area contributed by atoms with Crippen LogP contribution in [0.2, 0.25) is 0 Å². The SMILES string of the molecule is O=CN(CCC(=O)O)c1ccc(F)c(F)c1. The average Bonchev–Trinajstić information content (AvgIpc) is 2.23. The minimum atomic E-state index is -1.08. The number of nitrogens with zero attached hydrogens (tertiary/aromatic N) is 1. The lowest BCUT2D eigenvalue weighted by Crippen LogP contribution is -2.24. The molecule has 0 unspecified atom stereocenters. The van der Waals surface area contributed by atoms with Crippen LogP contribution in [0.3, 0.4) is 0 Å². The zero-order valence-electron chi connectivity index (χ0n) is 8.19. The van der Waals surface area contributed by atoms with Gasteiger partial charge in [-0.2, -0.15) is 0 Å². The van der Waals surface area contributed by atoms with Crippen LogP contribution in [0.25, 0.3) is 0 Å². The van der Waals surface area contributed by atoms with Crippen LogP contribution in [0.4, 0.5) is 14.5 Å². The first-order chi connectivity index (χ1) is 7.54. The Balaban J connectivity index is 2.82. The number of hydrogen-bond donors (Lipinski definition) is 1. The van der Waals surface area contributed by atoms with E-state index in [1.54, 1.807) is 0 Å². The van der Waals surface area contributed by atoms with E-state index in [0.717, 1.165) is 17.0 Å². The molecule has 0 fully saturated rings. The number of carbonyl (C=O) groups excluding carboxylic acids is 1. The van der Waals surface area contributed by atoms with Gasteiger partial charge in [-0.15, -0.1) is 0 Å². The highest BCUT2D eigenvalue weighted by molar-refractivity contribution is 5.77. The van der Waals surface area contributed by atoms with E-state index in [1.807, 2.05) is 0 Å². The molecular weight excluding hydrogens is 220 g/mol. The standard InChI is InChI=1S/C10H9F2NO3/c11-8-2-1-7(5-9(8)12)13(6-14)4-3-10(15)16/h1-2,5-6H,3-4H2,(H,15,16). The number of amides is 1. The summed E-state index contributed by atoms with van der Waals surface area (Å²) in [4.78, 5) is 21.9. The Hall–Kier alpha value is -1.98. The Morgan fingerprint density at radius 1 is 1.38 bits per heavy atom. The molecule has 0 aliphatic rings. The topological polar surface area (TPSA) is 57.6 Å². The number of carboxylic acid groups (broad SMARTS) is 1. The number of aliphatic carboxylic acids is 1. The van der Waals surface area contributed by atoms with Gasteiger partial charge >= 0.3 is 5.97 Å². The predicted octanol–water partition coefficient (Wildman–Crippen LogP) is 1.40. The maximum atomic E-state index is 12.8. The molecule has 0 saturated heterocycles. The van der Waals surface area contributed by atoms with Gasteiger partial charge in [0, 0.05) is 18.3 Å². The van der Waals surface area contributed by atoms with Crippen LogP contribution in [0.1, 0.15) is 6.42 Å². The van der Waals surface area contributed by atoms with Crippen LogP contribution in [-0.2, 0) is 9.59 Å². The molecule has 6 heteroatoms. The van der Waals surface area contributed by atoms with Crippen molar-refractivity contribution in [3.05, 3.63) is 29.8 Å². The zero-order valence-corrected chi connectivity index (χ0v) is 8.19. The van der Waals surface area contributed by atoms with E-state index in [9.17, 15) is 18.4 Å². The van der Waals surface area contributed by atoms with Crippen molar-refractivity contribution >= 4 is 18.1 Å². The fourth-order valence-electron chi connectivity index (χ4n) is 1.12. The molecule has 86 valence electrons. The van der Waals surface area contributed by atoms with Gasteiger partial charge in [0.15, 0.2) is 11.6 Å². The number of halogens is 2. The lowest BCUT2D eigenvalue weighted by molar-refractivity contribution is -0.136. The minimum absolute atomic E-state index is 0.0933. The quantitative estimate of drug-likeness (QED) is 0.776. The lowest BCUT2D eigenvalue weighted by atomic mass is 10.2. The molecule has 0 saturated carbocycles. The Bertz CT molecular complexity index is 409. The van der Waals surface area contributed by atoms with Crippen LogP contribution in [0.15, 0.2) is 18.2 Å². The Labute approximate surface area is 90.1 Å². The smallest absolute Gasteiger partial charge is 0.305 e. The van der Waals surface area contributed by atoms with Crippen molar-refractivity contribution in [2.45, 2.75) is 6.42 Å². The molecule has 1 amide bonds. The molecule has 1 N–H and O–H groups in total. The maximum Gasteiger partial charge on any atom is 0.305 e. The second kappa shape index (κ2) is 5.20. The van der Waals surface area contributed by atoms with Crippen molar-refractivity contribution in [1.82, 2.24) is 0 Å². The summed E-state index contributed by atoms with van der Waals surface area (Å²) in [5, 5.41) is 8.43. The highest BCUT2D eigenvalue weighted by atomic mass is 19.2. The maximum absolute atomic E-state index is 12.8. The molecule has 1 aromatic carbocycles. The molecule has 0 aliphatic heterocycles. The molecule has 1 aromatic rings. The van der Waals surface area contributed by atoms with E-state index in [-0.39, 0.29) is 18.7 Å². The third-order valence-electron chi connectivity index (χ3n) is 1.93. The number of hydrogen-bond acceptors (Lipinski definition) is 2. The third kappa shape index (κ3) is 3.01. The molecule has 0 bridgehead atoms. The van der Waals surface area contributed by atoms with Crippen molar-refractivity contribution in [2.75, 3.05) is 11.4 Å². The van der Waals surface area contributed by atoms with Crippen LogP contribution in [-0.4, -0.2) is 24.0 Å².